The predicted octanol–water partition coefficient (Wildman–Crippen LogP) is 1.34. The van der Waals surface area contributed by atoms with E-state index >= 15 is 0 Å². The summed E-state index contributed by atoms with van der Waals surface area (Å²) in [5.41, 5.74) is 6.99. The number of hydrogen-bond donors (Lipinski definition) is 2. The molecule has 0 atom stereocenters. The standard InChI is InChI=1S/C14H18N4O/c15-8-1-2-9-16-14(19)12-4-6-13(7-5-12)18-11-3-10-17-18/h3-7,10-11H,1-2,8-9,15H2,(H,16,19). The van der Waals surface area contributed by atoms with Gasteiger partial charge < -0.3 is 11.1 Å². The minimum atomic E-state index is -0.0518. The van der Waals surface area contributed by atoms with Gasteiger partial charge >= 0.3 is 0 Å². The largest absolute Gasteiger partial charge is 0.352 e. The highest BCUT2D eigenvalue weighted by atomic mass is 16.1. The lowest BCUT2D eigenvalue weighted by molar-refractivity contribution is 0.0953. The molecule has 0 spiro atoms. The molecule has 5 heteroatoms. The molecule has 100 valence electrons. The van der Waals surface area contributed by atoms with Crippen molar-refractivity contribution in [3.63, 3.8) is 0 Å². The van der Waals surface area contributed by atoms with Crippen LogP contribution in [0.15, 0.2) is 42.7 Å². The number of nitrogens with one attached hydrogen (secondary N) is 1. The highest BCUT2D eigenvalue weighted by Gasteiger charge is 2.04. The molecule has 0 fully saturated rings. The first-order valence-corrected chi connectivity index (χ1v) is 6.39. The fourth-order valence-corrected chi connectivity index (χ4v) is 1.76. The molecule has 0 saturated carbocycles. The summed E-state index contributed by atoms with van der Waals surface area (Å²) < 4.78 is 1.75. The van der Waals surface area contributed by atoms with Crippen LogP contribution in [-0.4, -0.2) is 28.8 Å². The van der Waals surface area contributed by atoms with Crippen LogP contribution >= 0.6 is 0 Å². The zero-order chi connectivity index (χ0) is 13.5. The molecule has 0 saturated heterocycles. The van der Waals surface area contributed by atoms with E-state index in [1.54, 1.807) is 23.0 Å². The van der Waals surface area contributed by atoms with Crippen LogP contribution in [0.1, 0.15) is 23.2 Å². The van der Waals surface area contributed by atoms with E-state index in [1.165, 1.54) is 0 Å². The third kappa shape index (κ3) is 3.66. The number of carbonyl (C=O) groups excluding carboxylic acids is 1. The fourth-order valence-electron chi connectivity index (χ4n) is 1.76. The molecule has 19 heavy (non-hydrogen) atoms. The smallest absolute Gasteiger partial charge is 0.251 e. The zero-order valence-electron chi connectivity index (χ0n) is 10.7. The molecule has 3 N–H and O–H groups in total. The van der Waals surface area contributed by atoms with Crippen LogP contribution < -0.4 is 11.1 Å². The Hall–Kier alpha value is -2.14. The lowest BCUT2D eigenvalue weighted by Crippen LogP contribution is -2.24. The topological polar surface area (TPSA) is 72.9 Å². The van der Waals surface area contributed by atoms with Crippen LogP contribution in [0.3, 0.4) is 0 Å². The highest BCUT2D eigenvalue weighted by molar-refractivity contribution is 5.94. The monoisotopic (exact) mass is 258 g/mol. The lowest BCUT2D eigenvalue weighted by atomic mass is 10.2. The second-order valence-corrected chi connectivity index (χ2v) is 4.25. The molecular formula is C14H18N4O. The quantitative estimate of drug-likeness (QED) is 0.768. The van der Waals surface area contributed by atoms with E-state index in [0.29, 0.717) is 18.7 Å². The van der Waals surface area contributed by atoms with Gasteiger partial charge in [-0.1, -0.05) is 0 Å². The second kappa shape index (κ2) is 6.70. The molecule has 0 aliphatic rings. The second-order valence-electron chi connectivity index (χ2n) is 4.25. The van der Waals surface area contributed by atoms with Crippen LogP contribution in [-0.2, 0) is 0 Å². The number of rotatable bonds is 6. The summed E-state index contributed by atoms with van der Waals surface area (Å²) in [7, 11) is 0. The first kappa shape index (κ1) is 13.3. The summed E-state index contributed by atoms with van der Waals surface area (Å²) in [5, 5.41) is 7.01. The molecule has 1 aromatic heterocycles. The number of unbranched alkanes of at least 4 members (excludes halogenated alkanes) is 1. The molecule has 0 radical (unpaired) electrons. The average molecular weight is 258 g/mol. The Morgan fingerprint density at radius 3 is 2.68 bits per heavy atom. The van der Waals surface area contributed by atoms with Gasteiger partial charge in [0.15, 0.2) is 0 Å². The maximum atomic E-state index is 11.8. The molecule has 1 aromatic carbocycles. The lowest BCUT2D eigenvalue weighted by Gasteiger charge is -2.06. The number of benzene rings is 1. The maximum absolute atomic E-state index is 11.8. The Labute approximate surface area is 112 Å². The molecule has 0 aliphatic carbocycles. The van der Waals surface area contributed by atoms with Crippen LogP contribution in [0.2, 0.25) is 0 Å². The third-order valence-electron chi connectivity index (χ3n) is 2.81. The molecule has 0 aliphatic heterocycles. The summed E-state index contributed by atoms with van der Waals surface area (Å²) in [4.78, 5) is 11.8. The van der Waals surface area contributed by atoms with Crippen molar-refractivity contribution in [1.29, 1.82) is 0 Å². The van der Waals surface area contributed by atoms with Gasteiger partial charge in [0, 0.05) is 24.5 Å². The van der Waals surface area contributed by atoms with Crippen molar-refractivity contribution < 1.29 is 4.79 Å². The molecular weight excluding hydrogens is 240 g/mol. The van der Waals surface area contributed by atoms with E-state index < -0.39 is 0 Å². The first-order chi connectivity index (χ1) is 9.31. The SMILES string of the molecule is NCCCCNC(=O)c1ccc(-n2cccn2)cc1. The zero-order valence-corrected chi connectivity index (χ0v) is 10.7. The Kier molecular flexibility index (Phi) is 4.69. The Morgan fingerprint density at radius 2 is 2.05 bits per heavy atom. The van der Waals surface area contributed by atoms with Gasteiger partial charge in [-0.15, -0.1) is 0 Å². The van der Waals surface area contributed by atoms with Crippen molar-refractivity contribution in [2.75, 3.05) is 13.1 Å². The maximum Gasteiger partial charge on any atom is 0.251 e. The number of hydrogen-bond acceptors (Lipinski definition) is 3. The normalized spacial score (nSPS) is 10.4. The molecule has 2 aromatic rings. The molecule has 0 bridgehead atoms. The van der Waals surface area contributed by atoms with E-state index in [9.17, 15) is 4.79 Å². The Morgan fingerprint density at radius 1 is 1.26 bits per heavy atom. The van der Waals surface area contributed by atoms with Crippen molar-refractivity contribution in [3.05, 3.63) is 48.3 Å². The third-order valence-corrected chi connectivity index (χ3v) is 2.81. The fraction of sp³-hybridized carbons (Fsp3) is 0.286. The van der Waals surface area contributed by atoms with Crippen LogP contribution in [0.4, 0.5) is 0 Å². The van der Waals surface area contributed by atoms with Crippen LogP contribution in [0.5, 0.6) is 0 Å². The summed E-state index contributed by atoms with van der Waals surface area (Å²) in [6, 6.07) is 9.21. The number of carbonyl (C=O) groups is 1. The number of amides is 1. The van der Waals surface area contributed by atoms with E-state index in [1.807, 2.05) is 24.4 Å². The molecule has 2 rings (SSSR count). The number of nitrogens with two attached hydrogens (primary N) is 1. The van der Waals surface area contributed by atoms with E-state index in [-0.39, 0.29) is 5.91 Å². The van der Waals surface area contributed by atoms with Crippen molar-refractivity contribution in [3.8, 4) is 5.69 Å². The van der Waals surface area contributed by atoms with E-state index in [2.05, 4.69) is 10.4 Å². The Bertz CT molecular complexity index is 505. The van der Waals surface area contributed by atoms with Gasteiger partial charge in [-0.25, -0.2) is 4.68 Å². The van der Waals surface area contributed by atoms with Crippen LogP contribution in [0, 0.1) is 0 Å². The number of nitrogens with zero attached hydrogens (tertiary/aromatic N) is 2. The van der Waals surface area contributed by atoms with E-state index in [4.69, 9.17) is 5.73 Å². The molecule has 0 unspecified atom stereocenters. The van der Waals surface area contributed by atoms with Crippen molar-refractivity contribution in [2.24, 2.45) is 5.73 Å². The van der Waals surface area contributed by atoms with Crippen LogP contribution in [0.25, 0.3) is 5.69 Å². The minimum absolute atomic E-state index is 0.0518. The Balaban J connectivity index is 1.93. The molecule has 5 nitrogen and oxygen atoms in total. The van der Waals surface area contributed by atoms with Gasteiger partial charge in [-0.3, -0.25) is 4.79 Å². The van der Waals surface area contributed by atoms with E-state index in [0.717, 1.165) is 18.5 Å². The van der Waals surface area contributed by atoms with Crippen molar-refractivity contribution in [1.82, 2.24) is 15.1 Å². The first-order valence-electron chi connectivity index (χ1n) is 6.39. The predicted molar refractivity (Wildman–Crippen MR) is 74.2 cm³/mol. The minimum Gasteiger partial charge on any atom is -0.352 e. The van der Waals surface area contributed by atoms with Crippen molar-refractivity contribution in [2.45, 2.75) is 12.8 Å². The highest BCUT2D eigenvalue weighted by Crippen LogP contribution is 2.08. The van der Waals surface area contributed by atoms with Gasteiger partial charge in [0.05, 0.1) is 5.69 Å². The number of aromatic nitrogens is 2. The summed E-state index contributed by atoms with van der Waals surface area (Å²) in [6.07, 6.45) is 5.42. The van der Waals surface area contributed by atoms with Crippen molar-refractivity contribution >= 4 is 5.91 Å². The van der Waals surface area contributed by atoms with Gasteiger partial charge in [-0.05, 0) is 49.7 Å². The van der Waals surface area contributed by atoms with Gasteiger partial charge in [0.1, 0.15) is 0 Å². The van der Waals surface area contributed by atoms with Gasteiger partial charge in [0.2, 0.25) is 0 Å². The summed E-state index contributed by atoms with van der Waals surface area (Å²) in [5.74, 6) is -0.0518. The molecule has 1 amide bonds. The summed E-state index contributed by atoms with van der Waals surface area (Å²) >= 11 is 0. The molecule has 1 heterocycles. The average Bonchev–Trinajstić information content (AvgIpc) is 2.98. The van der Waals surface area contributed by atoms with Gasteiger partial charge in [-0.2, -0.15) is 5.10 Å². The van der Waals surface area contributed by atoms with Gasteiger partial charge in [0.25, 0.3) is 5.91 Å². The summed E-state index contributed by atoms with van der Waals surface area (Å²) in [6.45, 7) is 1.32.